The number of benzene rings is 1. The summed E-state index contributed by atoms with van der Waals surface area (Å²) in [6.45, 7) is 3.23. The van der Waals surface area contributed by atoms with E-state index in [1.807, 2.05) is 40.1 Å². The average molecular weight is 416 g/mol. The second-order valence-corrected chi connectivity index (χ2v) is 8.01. The molecule has 8 nitrogen and oxygen atoms in total. The lowest BCUT2D eigenvalue weighted by molar-refractivity contribution is 0.0755. The third-order valence-corrected chi connectivity index (χ3v) is 6.11. The van der Waals surface area contributed by atoms with E-state index < -0.39 is 0 Å². The van der Waals surface area contributed by atoms with Crippen molar-refractivity contribution in [3.63, 3.8) is 0 Å². The third-order valence-electron chi connectivity index (χ3n) is 6.11. The van der Waals surface area contributed by atoms with Crippen molar-refractivity contribution in [1.29, 1.82) is 0 Å². The monoisotopic (exact) mass is 416 g/mol. The van der Waals surface area contributed by atoms with Gasteiger partial charge in [0.15, 0.2) is 0 Å². The first-order valence-corrected chi connectivity index (χ1v) is 10.7. The standard InChI is InChI=1S/C23H24N6O2/c30-22(17-5-2-1-3-6-17)28-11-8-19(16-28)21-26-25-20-9-12-27(13-14-29(20)21)23(31)18-7-4-10-24-15-18/h1-7,10,15,19H,8-9,11-14,16H2. The number of carbonyl (C=O) groups is 2. The maximum Gasteiger partial charge on any atom is 0.255 e. The van der Waals surface area contributed by atoms with Gasteiger partial charge in [0, 0.05) is 63.0 Å². The maximum atomic E-state index is 12.8. The fourth-order valence-corrected chi connectivity index (χ4v) is 4.44. The zero-order valence-electron chi connectivity index (χ0n) is 17.2. The predicted octanol–water partition coefficient (Wildman–Crippen LogP) is 2.00. The summed E-state index contributed by atoms with van der Waals surface area (Å²) in [5.41, 5.74) is 1.32. The highest BCUT2D eigenvalue weighted by atomic mass is 16.2. The van der Waals surface area contributed by atoms with Crippen molar-refractivity contribution in [2.75, 3.05) is 26.2 Å². The Balaban J connectivity index is 1.28. The topological polar surface area (TPSA) is 84.2 Å². The van der Waals surface area contributed by atoms with Crippen molar-refractivity contribution >= 4 is 11.8 Å². The summed E-state index contributed by atoms with van der Waals surface area (Å²) in [6, 6.07) is 13.0. The summed E-state index contributed by atoms with van der Waals surface area (Å²) in [5, 5.41) is 8.89. The van der Waals surface area contributed by atoms with E-state index >= 15 is 0 Å². The van der Waals surface area contributed by atoms with Crippen LogP contribution in [0.1, 0.15) is 44.7 Å². The fraction of sp³-hybridized carbons (Fsp3) is 0.348. The van der Waals surface area contributed by atoms with Crippen molar-refractivity contribution in [2.45, 2.75) is 25.3 Å². The number of nitrogens with zero attached hydrogens (tertiary/aromatic N) is 6. The molecule has 5 rings (SSSR count). The molecule has 2 aromatic heterocycles. The number of hydrogen-bond acceptors (Lipinski definition) is 5. The molecule has 2 aliphatic rings. The number of pyridine rings is 1. The van der Waals surface area contributed by atoms with Crippen LogP contribution in [0.3, 0.4) is 0 Å². The number of aromatic nitrogens is 4. The number of hydrogen-bond donors (Lipinski definition) is 0. The Morgan fingerprint density at radius 3 is 2.45 bits per heavy atom. The molecule has 1 atom stereocenters. The molecule has 4 heterocycles. The molecular formula is C23H24N6O2. The second-order valence-electron chi connectivity index (χ2n) is 8.01. The van der Waals surface area contributed by atoms with E-state index in [4.69, 9.17) is 0 Å². The van der Waals surface area contributed by atoms with Crippen LogP contribution in [0.25, 0.3) is 0 Å². The average Bonchev–Trinajstić information content (AvgIpc) is 3.41. The first-order valence-electron chi connectivity index (χ1n) is 10.7. The normalized spacial score (nSPS) is 18.5. The molecule has 0 spiro atoms. The molecule has 0 radical (unpaired) electrons. The summed E-state index contributed by atoms with van der Waals surface area (Å²) in [4.78, 5) is 33.4. The van der Waals surface area contributed by atoms with Gasteiger partial charge in [0.05, 0.1) is 5.56 Å². The Kier molecular flexibility index (Phi) is 5.19. The smallest absolute Gasteiger partial charge is 0.255 e. The van der Waals surface area contributed by atoms with Gasteiger partial charge in [0.2, 0.25) is 0 Å². The van der Waals surface area contributed by atoms with Crippen LogP contribution in [0.4, 0.5) is 0 Å². The summed E-state index contributed by atoms with van der Waals surface area (Å²) in [6.07, 6.45) is 4.81. The van der Waals surface area contributed by atoms with Crippen LogP contribution < -0.4 is 0 Å². The Hall–Kier alpha value is -3.55. The van der Waals surface area contributed by atoms with Crippen molar-refractivity contribution in [1.82, 2.24) is 29.5 Å². The first kappa shape index (κ1) is 19.4. The zero-order chi connectivity index (χ0) is 21.2. The van der Waals surface area contributed by atoms with Gasteiger partial charge in [0.25, 0.3) is 11.8 Å². The molecule has 2 amide bonds. The van der Waals surface area contributed by atoms with E-state index in [0.717, 1.165) is 18.1 Å². The van der Waals surface area contributed by atoms with Crippen molar-refractivity contribution in [3.8, 4) is 0 Å². The summed E-state index contributed by atoms with van der Waals surface area (Å²) in [5.74, 6) is 2.05. The summed E-state index contributed by atoms with van der Waals surface area (Å²) < 4.78 is 2.15. The maximum absolute atomic E-state index is 12.8. The largest absolute Gasteiger partial charge is 0.338 e. The lowest BCUT2D eigenvalue weighted by atomic mass is 10.1. The van der Waals surface area contributed by atoms with Gasteiger partial charge in [-0.2, -0.15) is 0 Å². The number of carbonyl (C=O) groups excluding carboxylic acids is 2. The van der Waals surface area contributed by atoms with E-state index in [2.05, 4.69) is 19.7 Å². The van der Waals surface area contributed by atoms with E-state index in [-0.39, 0.29) is 17.7 Å². The Morgan fingerprint density at radius 1 is 0.839 bits per heavy atom. The van der Waals surface area contributed by atoms with Crippen molar-refractivity contribution < 1.29 is 9.59 Å². The summed E-state index contributed by atoms with van der Waals surface area (Å²) in [7, 11) is 0. The highest BCUT2D eigenvalue weighted by Crippen LogP contribution is 2.28. The number of rotatable bonds is 3. The molecule has 0 saturated carbocycles. The van der Waals surface area contributed by atoms with Gasteiger partial charge in [-0.25, -0.2) is 0 Å². The van der Waals surface area contributed by atoms with Gasteiger partial charge >= 0.3 is 0 Å². The predicted molar refractivity (Wildman–Crippen MR) is 114 cm³/mol. The minimum Gasteiger partial charge on any atom is -0.338 e. The van der Waals surface area contributed by atoms with E-state index in [0.29, 0.717) is 50.3 Å². The molecule has 1 saturated heterocycles. The molecule has 1 aromatic carbocycles. The van der Waals surface area contributed by atoms with E-state index in [1.165, 1.54) is 0 Å². The third kappa shape index (κ3) is 3.81. The SMILES string of the molecule is O=C(c1cccnc1)N1CCc2nnc(C3CCN(C(=O)c4ccccc4)C3)n2CC1. The van der Waals surface area contributed by atoms with E-state index in [1.54, 1.807) is 24.5 Å². The quantitative estimate of drug-likeness (QED) is 0.652. The molecule has 158 valence electrons. The van der Waals surface area contributed by atoms with Crippen LogP contribution in [0.5, 0.6) is 0 Å². The van der Waals surface area contributed by atoms with Crippen LogP contribution in [-0.2, 0) is 13.0 Å². The molecule has 31 heavy (non-hydrogen) atoms. The van der Waals surface area contributed by atoms with Crippen LogP contribution in [0, 0.1) is 0 Å². The highest BCUT2D eigenvalue weighted by Gasteiger charge is 2.33. The van der Waals surface area contributed by atoms with Crippen molar-refractivity contribution in [3.05, 3.63) is 77.6 Å². The lowest BCUT2D eigenvalue weighted by Gasteiger charge is -2.20. The van der Waals surface area contributed by atoms with Gasteiger partial charge in [0.1, 0.15) is 11.6 Å². The Morgan fingerprint density at radius 2 is 1.65 bits per heavy atom. The molecule has 8 heteroatoms. The molecule has 2 aliphatic heterocycles. The second kappa shape index (κ2) is 8.29. The first-order chi connectivity index (χ1) is 15.2. The number of likely N-dealkylation sites (tertiary alicyclic amines) is 1. The molecule has 0 bridgehead atoms. The Bertz CT molecular complexity index is 1080. The number of amides is 2. The van der Waals surface area contributed by atoms with Gasteiger partial charge in [-0.05, 0) is 30.7 Å². The van der Waals surface area contributed by atoms with Gasteiger partial charge < -0.3 is 14.4 Å². The Labute approximate surface area is 180 Å². The van der Waals surface area contributed by atoms with Crippen LogP contribution in [-0.4, -0.2) is 67.5 Å². The molecule has 3 aromatic rings. The van der Waals surface area contributed by atoms with Gasteiger partial charge in [-0.15, -0.1) is 10.2 Å². The molecule has 1 fully saturated rings. The van der Waals surface area contributed by atoms with Crippen LogP contribution >= 0.6 is 0 Å². The molecular weight excluding hydrogens is 392 g/mol. The van der Waals surface area contributed by atoms with Gasteiger partial charge in [-0.3, -0.25) is 14.6 Å². The fourth-order valence-electron chi connectivity index (χ4n) is 4.44. The van der Waals surface area contributed by atoms with Crippen LogP contribution in [0.15, 0.2) is 54.9 Å². The molecule has 1 unspecified atom stereocenters. The van der Waals surface area contributed by atoms with Crippen LogP contribution in [0.2, 0.25) is 0 Å². The van der Waals surface area contributed by atoms with Gasteiger partial charge in [-0.1, -0.05) is 18.2 Å². The lowest BCUT2D eigenvalue weighted by Crippen LogP contribution is -2.34. The molecule has 0 aliphatic carbocycles. The molecule has 0 N–H and O–H groups in total. The minimum absolute atomic E-state index is 0.00568. The zero-order valence-corrected chi connectivity index (χ0v) is 17.2. The highest BCUT2D eigenvalue weighted by molar-refractivity contribution is 5.94. The minimum atomic E-state index is -0.00568. The van der Waals surface area contributed by atoms with E-state index in [9.17, 15) is 9.59 Å². The number of fused-ring (bicyclic) bond motifs is 1. The summed E-state index contributed by atoms with van der Waals surface area (Å²) >= 11 is 0. The van der Waals surface area contributed by atoms with Crippen molar-refractivity contribution in [2.24, 2.45) is 0 Å².